The predicted octanol–water partition coefficient (Wildman–Crippen LogP) is 4.51. The number of hydrogen-bond acceptors (Lipinski definition) is 2. The van der Waals surface area contributed by atoms with Gasteiger partial charge in [-0.05, 0) is 41.8 Å². The van der Waals surface area contributed by atoms with E-state index in [-0.39, 0.29) is 11.2 Å². The molecule has 110 valence electrons. The molecule has 4 heteroatoms. The molecule has 2 aromatic carbocycles. The standard InChI is InChI=1S/C17H16ClFO2/c18-15(10-12-2-5-14(19)6-3-12)13-4-7-16-17(11-13)21-9-1-8-20-16/h2-7,11,15H,1,8-10H2. The Morgan fingerprint density at radius 2 is 1.71 bits per heavy atom. The van der Waals surface area contributed by atoms with Gasteiger partial charge in [-0.1, -0.05) is 18.2 Å². The first-order valence-corrected chi connectivity index (χ1v) is 7.44. The molecule has 0 saturated heterocycles. The molecule has 0 N–H and O–H groups in total. The molecule has 0 fully saturated rings. The topological polar surface area (TPSA) is 18.5 Å². The zero-order chi connectivity index (χ0) is 14.7. The van der Waals surface area contributed by atoms with Crippen molar-refractivity contribution in [2.45, 2.75) is 18.2 Å². The molecule has 1 unspecified atom stereocenters. The highest BCUT2D eigenvalue weighted by atomic mass is 35.5. The van der Waals surface area contributed by atoms with E-state index in [1.807, 2.05) is 18.2 Å². The average Bonchev–Trinajstić information content (AvgIpc) is 2.74. The van der Waals surface area contributed by atoms with E-state index in [4.69, 9.17) is 21.1 Å². The lowest BCUT2D eigenvalue weighted by atomic mass is 10.0. The molecule has 3 rings (SSSR count). The van der Waals surface area contributed by atoms with Crippen molar-refractivity contribution in [2.75, 3.05) is 13.2 Å². The van der Waals surface area contributed by atoms with Crippen LogP contribution in [0.5, 0.6) is 11.5 Å². The maximum absolute atomic E-state index is 12.9. The van der Waals surface area contributed by atoms with Gasteiger partial charge in [0.25, 0.3) is 0 Å². The number of hydrogen-bond donors (Lipinski definition) is 0. The smallest absolute Gasteiger partial charge is 0.161 e. The molecule has 2 aromatic rings. The largest absolute Gasteiger partial charge is 0.490 e. The molecule has 0 spiro atoms. The molecule has 0 bridgehead atoms. The first kappa shape index (κ1) is 14.2. The van der Waals surface area contributed by atoms with Crippen molar-refractivity contribution >= 4 is 11.6 Å². The van der Waals surface area contributed by atoms with Crippen molar-refractivity contribution in [1.82, 2.24) is 0 Å². The molecule has 1 aliphatic heterocycles. The fraction of sp³-hybridized carbons (Fsp3) is 0.294. The van der Waals surface area contributed by atoms with Crippen LogP contribution in [0.25, 0.3) is 0 Å². The first-order chi connectivity index (χ1) is 10.2. The third-order valence-electron chi connectivity index (χ3n) is 3.46. The fourth-order valence-corrected chi connectivity index (χ4v) is 2.63. The summed E-state index contributed by atoms with van der Waals surface area (Å²) in [5.74, 6) is 1.28. The van der Waals surface area contributed by atoms with Crippen molar-refractivity contribution in [1.29, 1.82) is 0 Å². The van der Waals surface area contributed by atoms with Gasteiger partial charge in [-0.15, -0.1) is 11.6 Å². The third kappa shape index (κ3) is 3.48. The molecule has 2 nitrogen and oxygen atoms in total. The molecule has 1 atom stereocenters. The molecule has 0 aromatic heterocycles. The van der Waals surface area contributed by atoms with E-state index >= 15 is 0 Å². The summed E-state index contributed by atoms with van der Waals surface area (Å²) in [6.45, 7) is 1.33. The van der Waals surface area contributed by atoms with Crippen molar-refractivity contribution < 1.29 is 13.9 Å². The molecule has 0 aliphatic carbocycles. The maximum atomic E-state index is 12.9. The van der Waals surface area contributed by atoms with Gasteiger partial charge in [-0.25, -0.2) is 4.39 Å². The summed E-state index contributed by atoms with van der Waals surface area (Å²) in [7, 11) is 0. The Morgan fingerprint density at radius 3 is 2.48 bits per heavy atom. The van der Waals surface area contributed by atoms with Crippen LogP contribution >= 0.6 is 11.6 Å². The summed E-state index contributed by atoms with van der Waals surface area (Å²) < 4.78 is 24.2. The van der Waals surface area contributed by atoms with E-state index in [1.54, 1.807) is 12.1 Å². The molecular formula is C17H16ClFO2. The highest BCUT2D eigenvalue weighted by Gasteiger charge is 2.15. The molecular weight excluding hydrogens is 291 g/mol. The van der Waals surface area contributed by atoms with E-state index in [0.717, 1.165) is 29.0 Å². The number of halogens is 2. The second-order valence-corrected chi connectivity index (χ2v) is 5.58. The van der Waals surface area contributed by atoms with Gasteiger partial charge >= 0.3 is 0 Å². The Balaban J connectivity index is 1.76. The van der Waals surface area contributed by atoms with Crippen molar-refractivity contribution in [3.63, 3.8) is 0 Å². The van der Waals surface area contributed by atoms with Crippen molar-refractivity contribution in [2.24, 2.45) is 0 Å². The summed E-state index contributed by atoms with van der Waals surface area (Å²) in [6, 6.07) is 12.2. The Bertz CT molecular complexity index is 613. The zero-order valence-electron chi connectivity index (χ0n) is 11.5. The first-order valence-electron chi connectivity index (χ1n) is 7.00. The summed E-state index contributed by atoms with van der Waals surface area (Å²) in [5.41, 5.74) is 1.98. The zero-order valence-corrected chi connectivity index (χ0v) is 12.3. The van der Waals surface area contributed by atoms with Crippen molar-refractivity contribution in [3.8, 4) is 11.5 Å². The lowest BCUT2D eigenvalue weighted by Gasteiger charge is -2.13. The second kappa shape index (κ2) is 6.35. The average molecular weight is 307 g/mol. The Morgan fingerprint density at radius 1 is 1.00 bits per heavy atom. The monoisotopic (exact) mass is 306 g/mol. The lowest BCUT2D eigenvalue weighted by Crippen LogP contribution is -1.98. The summed E-state index contributed by atoms with van der Waals surface area (Å²) in [4.78, 5) is 0. The molecule has 21 heavy (non-hydrogen) atoms. The quantitative estimate of drug-likeness (QED) is 0.777. The minimum atomic E-state index is -0.236. The van der Waals surface area contributed by atoms with E-state index in [1.165, 1.54) is 12.1 Å². The third-order valence-corrected chi connectivity index (χ3v) is 3.87. The van der Waals surface area contributed by atoms with Gasteiger partial charge < -0.3 is 9.47 Å². The number of fused-ring (bicyclic) bond motifs is 1. The molecule has 0 amide bonds. The van der Waals surface area contributed by atoms with Gasteiger partial charge in [0.15, 0.2) is 11.5 Å². The van der Waals surface area contributed by atoms with E-state index in [0.29, 0.717) is 19.6 Å². The van der Waals surface area contributed by atoms with Gasteiger partial charge in [0.1, 0.15) is 5.82 Å². The molecule has 1 aliphatic rings. The van der Waals surface area contributed by atoms with E-state index in [9.17, 15) is 4.39 Å². The summed E-state index contributed by atoms with van der Waals surface area (Å²) >= 11 is 6.47. The Kier molecular flexibility index (Phi) is 4.30. The highest BCUT2D eigenvalue weighted by Crippen LogP contribution is 2.35. The van der Waals surface area contributed by atoms with Crippen LogP contribution in [0.3, 0.4) is 0 Å². The van der Waals surface area contributed by atoms with E-state index < -0.39 is 0 Å². The van der Waals surface area contributed by atoms with Crippen LogP contribution in [-0.4, -0.2) is 13.2 Å². The molecule has 0 saturated carbocycles. The van der Waals surface area contributed by atoms with Crippen molar-refractivity contribution in [3.05, 3.63) is 59.4 Å². The second-order valence-electron chi connectivity index (χ2n) is 5.05. The number of benzene rings is 2. The number of ether oxygens (including phenoxy) is 2. The maximum Gasteiger partial charge on any atom is 0.161 e. The predicted molar refractivity (Wildman–Crippen MR) is 80.7 cm³/mol. The Hall–Kier alpha value is -1.74. The van der Waals surface area contributed by atoms with Crippen LogP contribution in [0.15, 0.2) is 42.5 Å². The highest BCUT2D eigenvalue weighted by molar-refractivity contribution is 6.21. The lowest BCUT2D eigenvalue weighted by molar-refractivity contribution is 0.297. The fourth-order valence-electron chi connectivity index (χ4n) is 2.32. The molecule has 0 radical (unpaired) electrons. The van der Waals surface area contributed by atoms with Crippen LogP contribution in [0.2, 0.25) is 0 Å². The normalized spacial score (nSPS) is 15.3. The van der Waals surface area contributed by atoms with Crippen LogP contribution in [0.1, 0.15) is 22.9 Å². The Labute approximate surface area is 128 Å². The van der Waals surface area contributed by atoms with Crippen LogP contribution in [0, 0.1) is 5.82 Å². The van der Waals surface area contributed by atoms with Crippen LogP contribution < -0.4 is 9.47 Å². The molecule has 1 heterocycles. The number of rotatable bonds is 3. The summed E-state index contributed by atoms with van der Waals surface area (Å²) in [5, 5.41) is -0.187. The van der Waals surface area contributed by atoms with Gasteiger partial charge in [0, 0.05) is 6.42 Å². The van der Waals surface area contributed by atoms with Gasteiger partial charge in [0.2, 0.25) is 0 Å². The van der Waals surface area contributed by atoms with Gasteiger partial charge in [0.05, 0.1) is 18.6 Å². The van der Waals surface area contributed by atoms with Crippen LogP contribution in [-0.2, 0) is 6.42 Å². The minimum absolute atomic E-state index is 0.187. The number of alkyl halides is 1. The van der Waals surface area contributed by atoms with Gasteiger partial charge in [-0.2, -0.15) is 0 Å². The van der Waals surface area contributed by atoms with Gasteiger partial charge in [-0.3, -0.25) is 0 Å². The minimum Gasteiger partial charge on any atom is -0.490 e. The SMILES string of the molecule is Fc1ccc(CC(Cl)c2ccc3c(c2)OCCCO3)cc1. The van der Waals surface area contributed by atoms with Crippen LogP contribution in [0.4, 0.5) is 4.39 Å². The van der Waals surface area contributed by atoms with E-state index in [2.05, 4.69) is 0 Å². The summed E-state index contributed by atoms with van der Waals surface area (Å²) in [6.07, 6.45) is 1.52.